The van der Waals surface area contributed by atoms with E-state index in [1.165, 1.54) is 0 Å². The SMILES string of the molecule is CCC(=O)NCCC(C)(F)F. The van der Waals surface area contributed by atoms with Crippen molar-refractivity contribution in [1.82, 2.24) is 5.32 Å². The van der Waals surface area contributed by atoms with Gasteiger partial charge in [-0.15, -0.1) is 0 Å². The van der Waals surface area contributed by atoms with Gasteiger partial charge in [0.2, 0.25) is 11.8 Å². The van der Waals surface area contributed by atoms with Crippen LogP contribution in [0.25, 0.3) is 0 Å². The average Bonchev–Trinajstić information content (AvgIpc) is 1.85. The molecule has 0 unspecified atom stereocenters. The fourth-order valence-corrected chi connectivity index (χ4v) is 0.546. The molecule has 0 atom stereocenters. The van der Waals surface area contributed by atoms with Gasteiger partial charge in [-0.25, -0.2) is 8.78 Å². The second-order valence-electron chi connectivity index (χ2n) is 2.52. The van der Waals surface area contributed by atoms with Crippen LogP contribution in [-0.2, 0) is 4.79 Å². The number of rotatable bonds is 4. The van der Waals surface area contributed by atoms with Gasteiger partial charge < -0.3 is 5.32 Å². The van der Waals surface area contributed by atoms with E-state index in [4.69, 9.17) is 0 Å². The largest absolute Gasteiger partial charge is 0.356 e. The molecule has 0 fully saturated rings. The first-order valence-corrected chi connectivity index (χ1v) is 3.60. The molecule has 1 N–H and O–H groups in total. The third-order valence-electron chi connectivity index (χ3n) is 1.21. The summed E-state index contributed by atoms with van der Waals surface area (Å²) in [6, 6.07) is 0. The Hall–Kier alpha value is -0.670. The van der Waals surface area contributed by atoms with E-state index in [0.29, 0.717) is 6.42 Å². The number of hydrogen-bond acceptors (Lipinski definition) is 1. The van der Waals surface area contributed by atoms with Gasteiger partial charge in [0.05, 0.1) is 0 Å². The van der Waals surface area contributed by atoms with Crippen LogP contribution in [0.1, 0.15) is 26.7 Å². The molecule has 0 spiro atoms. The Balaban J connectivity index is 3.35. The quantitative estimate of drug-likeness (QED) is 0.672. The lowest BCUT2D eigenvalue weighted by Crippen LogP contribution is -2.27. The van der Waals surface area contributed by atoms with Gasteiger partial charge in [0, 0.05) is 19.4 Å². The number of hydrogen-bond donors (Lipinski definition) is 1. The van der Waals surface area contributed by atoms with Gasteiger partial charge in [0.25, 0.3) is 0 Å². The normalized spacial score (nSPS) is 11.3. The molecule has 2 nitrogen and oxygen atoms in total. The maximum atomic E-state index is 12.1. The van der Waals surface area contributed by atoms with Gasteiger partial charge in [-0.1, -0.05) is 6.92 Å². The van der Waals surface area contributed by atoms with Crippen molar-refractivity contribution < 1.29 is 13.6 Å². The van der Waals surface area contributed by atoms with Gasteiger partial charge in [0.1, 0.15) is 0 Å². The van der Waals surface area contributed by atoms with Crippen LogP contribution in [-0.4, -0.2) is 18.4 Å². The number of nitrogens with one attached hydrogen (secondary N) is 1. The van der Waals surface area contributed by atoms with Crippen molar-refractivity contribution in [2.45, 2.75) is 32.6 Å². The molecule has 0 aliphatic heterocycles. The van der Waals surface area contributed by atoms with E-state index >= 15 is 0 Å². The van der Waals surface area contributed by atoms with Crippen LogP contribution in [0.15, 0.2) is 0 Å². The summed E-state index contributed by atoms with van der Waals surface area (Å²) in [6.45, 7) is 2.57. The summed E-state index contributed by atoms with van der Waals surface area (Å²) >= 11 is 0. The smallest absolute Gasteiger partial charge is 0.247 e. The van der Waals surface area contributed by atoms with E-state index in [-0.39, 0.29) is 18.9 Å². The van der Waals surface area contributed by atoms with E-state index in [2.05, 4.69) is 5.32 Å². The zero-order chi connectivity index (χ0) is 8.91. The summed E-state index contributed by atoms with van der Waals surface area (Å²) < 4.78 is 24.3. The lowest BCUT2D eigenvalue weighted by molar-refractivity contribution is -0.121. The Morgan fingerprint density at radius 1 is 1.55 bits per heavy atom. The molecule has 0 radical (unpaired) electrons. The summed E-state index contributed by atoms with van der Waals surface area (Å²) in [5, 5.41) is 2.37. The highest BCUT2D eigenvalue weighted by Gasteiger charge is 2.19. The first-order chi connectivity index (χ1) is 4.95. The molecule has 0 heterocycles. The monoisotopic (exact) mass is 165 g/mol. The molecule has 11 heavy (non-hydrogen) atoms. The van der Waals surface area contributed by atoms with E-state index in [1.54, 1.807) is 6.92 Å². The number of amides is 1. The fraction of sp³-hybridized carbons (Fsp3) is 0.857. The Kier molecular flexibility index (Phi) is 4.00. The van der Waals surface area contributed by atoms with Crippen LogP contribution in [0.3, 0.4) is 0 Å². The Bertz CT molecular complexity index is 131. The predicted molar refractivity (Wildman–Crippen MR) is 38.5 cm³/mol. The van der Waals surface area contributed by atoms with Crippen LogP contribution in [0.2, 0.25) is 0 Å². The molecule has 0 aromatic carbocycles. The maximum absolute atomic E-state index is 12.1. The van der Waals surface area contributed by atoms with Crippen LogP contribution >= 0.6 is 0 Å². The van der Waals surface area contributed by atoms with Gasteiger partial charge in [-0.3, -0.25) is 4.79 Å². The second-order valence-corrected chi connectivity index (χ2v) is 2.52. The minimum Gasteiger partial charge on any atom is -0.356 e. The van der Waals surface area contributed by atoms with Crippen LogP contribution in [0, 0.1) is 0 Å². The summed E-state index contributed by atoms with van der Waals surface area (Å²) in [4.78, 5) is 10.5. The van der Waals surface area contributed by atoms with Crippen molar-refractivity contribution in [2.75, 3.05) is 6.54 Å². The molecule has 0 rings (SSSR count). The van der Waals surface area contributed by atoms with Crippen LogP contribution < -0.4 is 5.32 Å². The summed E-state index contributed by atoms with van der Waals surface area (Å²) in [7, 11) is 0. The van der Waals surface area contributed by atoms with E-state index < -0.39 is 5.92 Å². The van der Waals surface area contributed by atoms with Crippen molar-refractivity contribution in [1.29, 1.82) is 0 Å². The fourth-order valence-electron chi connectivity index (χ4n) is 0.546. The third kappa shape index (κ3) is 7.22. The lowest BCUT2D eigenvalue weighted by Gasteiger charge is -2.09. The maximum Gasteiger partial charge on any atom is 0.247 e. The molecule has 0 saturated carbocycles. The molecule has 0 aromatic rings. The number of carbonyl (C=O) groups excluding carboxylic acids is 1. The topological polar surface area (TPSA) is 29.1 Å². The highest BCUT2D eigenvalue weighted by molar-refractivity contribution is 5.75. The molecule has 0 aliphatic carbocycles. The molecular weight excluding hydrogens is 152 g/mol. The Labute approximate surface area is 65.0 Å². The van der Waals surface area contributed by atoms with Crippen molar-refractivity contribution >= 4 is 5.91 Å². The highest BCUT2D eigenvalue weighted by Crippen LogP contribution is 2.14. The van der Waals surface area contributed by atoms with E-state index in [1.807, 2.05) is 0 Å². The standard InChI is InChI=1S/C7H13F2NO/c1-3-6(11)10-5-4-7(2,8)9/h3-5H2,1-2H3,(H,10,11). The zero-order valence-electron chi connectivity index (χ0n) is 6.79. The minimum atomic E-state index is -2.68. The molecule has 1 amide bonds. The zero-order valence-corrected chi connectivity index (χ0v) is 6.79. The second kappa shape index (κ2) is 4.26. The Morgan fingerprint density at radius 2 is 2.09 bits per heavy atom. The summed E-state index contributed by atoms with van der Waals surface area (Å²) in [5.41, 5.74) is 0. The molecule has 0 bridgehead atoms. The van der Waals surface area contributed by atoms with Crippen LogP contribution in [0.4, 0.5) is 8.78 Å². The molecule has 0 aromatic heterocycles. The molecular formula is C7H13F2NO. The van der Waals surface area contributed by atoms with Crippen molar-refractivity contribution in [3.05, 3.63) is 0 Å². The first kappa shape index (κ1) is 10.3. The molecule has 66 valence electrons. The van der Waals surface area contributed by atoms with E-state index in [9.17, 15) is 13.6 Å². The van der Waals surface area contributed by atoms with Gasteiger partial charge in [-0.2, -0.15) is 0 Å². The number of halogens is 2. The van der Waals surface area contributed by atoms with Gasteiger partial charge >= 0.3 is 0 Å². The lowest BCUT2D eigenvalue weighted by atomic mass is 10.2. The molecule has 0 aliphatic rings. The third-order valence-corrected chi connectivity index (χ3v) is 1.21. The summed E-state index contributed by atoms with van der Waals surface area (Å²) in [5.74, 6) is -2.87. The molecule has 0 saturated heterocycles. The number of alkyl halides is 2. The van der Waals surface area contributed by atoms with Gasteiger partial charge in [-0.05, 0) is 6.92 Å². The van der Waals surface area contributed by atoms with Crippen molar-refractivity contribution in [3.8, 4) is 0 Å². The van der Waals surface area contributed by atoms with Crippen LogP contribution in [0.5, 0.6) is 0 Å². The average molecular weight is 165 g/mol. The van der Waals surface area contributed by atoms with Crippen molar-refractivity contribution in [3.63, 3.8) is 0 Å². The minimum absolute atomic E-state index is 0.0518. The highest BCUT2D eigenvalue weighted by atomic mass is 19.3. The first-order valence-electron chi connectivity index (χ1n) is 3.60. The molecule has 4 heteroatoms. The predicted octanol–water partition coefficient (Wildman–Crippen LogP) is 1.56. The van der Waals surface area contributed by atoms with Crippen molar-refractivity contribution in [2.24, 2.45) is 0 Å². The van der Waals surface area contributed by atoms with E-state index in [0.717, 1.165) is 6.92 Å². The Morgan fingerprint density at radius 3 is 2.45 bits per heavy atom. The van der Waals surface area contributed by atoms with Gasteiger partial charge in [0.15, 0.2) is 0 Å². The summed E-state index contributed by atoms with van der Waals surface area (Å²) in [6.07, 6.45) is 0.0496. The number of carbonyl (C=O) groups is 1.